The van der Waals surface area contributed by atoms with E-state index in [2.05, 4.69) is 33.1 Å². The normalized spacial score (nSPS) is 9.84. The van der Waals surface area contributed by atoms with Gasteiger partial charge in [0.25, 0.3) is 0 Å². The molecule has 0 rings (SSSR count). The van der Waals surface area contributed by atoms with E-state index < -0.39 is 0 Å². The van der Waals surface area contributed by atoms with Crippen LogP contribution in [0.5, 0.6) is 0 Å². The van der Waals surface area contributed by atoms with Gasteiger partial charge >= 0.3 is 0 Å². The second-order valence-electron chi connectivity index (χ2n) is 5.34. The van der Waals surface area contributed by atoms with E-state index >= 15 is 0 Å². The quantitative estimate of drug-likeness (QED) is 0.206. The molecular formula is C18H38S. The monoisotopic (exact) mass is 286 g/mol. The molecule has 0 spiro atoms. The first-order valence-corrected chi connectivity index (χ1v) is 9.18. The third-order valence-corrected chi connectivity index (χ3v) is 3.59. The van der Waals surface area contributed by atoms with Gasteiger partial charge in [-0.3, -0.25) is 0 Å². The SMILES string of the molecule is C=CCCCCCCCC.CCCCCCCCS. The van der Waals surface area contributed by atoms with E-state index in [4.69, 9.17) is 0 Å². The standard InChI is InChI=1S/C10H20.C8H18S/c1-3-5-7-9-10-8-6-4-2;1-2-3-4-5-6-7-8-9/h3H,1,4-10H2,2H3;9H,2-8H2,1H3. The summed E-state index contributed by atoms with van der Waals surface area (Å²) in [6.07, 6.45) is 19.8. The topological polar surface area (TPSA) is 0 Å². The van der Waals surface area contributed by atoms with Gasteiger partial charge in [-0.2, -0.15) is 12.6 Å². The fraction of sp³-hybridized carbons (Fsp3) is 0.889. The number of unbranched alkanes of at least 4 members (excludes halogenated alkanes) is 11. The maximum absolute atomic E-state index is 4.15. The molecule has 0 unspecified atom stereocenters. The summed E-state index contributed by atoms with van der Waals surface area (Å²) in [6, 6.07) is 0. The van der Waals surface area contributed by atoms with Gasteiger partial charge in [0.15, 0.2) is 0 Å². The summed E-state index contributed by atoms with van der Waals surface area (Å²) < 4.78 is 0. The Hall–Kier alpha value is 0.0900. The lowest BCUT2D eigenvalue weighted by molar-refractivity contribution is 0.611. The number of thiol groups is 1. The second-order valence-corrected chi connectivity index (χ2v) is 5.78. The number of hydrogen-bond donors (Lipinski definition) is 1. The minimum Gasteiger partial charge on any atom is -0.179 e. The number of rotatable bonds is 13. The fourth-order valence-corrected chi connectivity index (χ4v) is 2.18. The van der Waals surface area contributed by atoms with Crippen LogP contribution in [0.1, 0.15) is 97.3 Å². The summed E-state index contributed by atoms with van der Waals surface area (Å²) in [5.41, 5.74) is 0. The molecule has 0 aromatic rings. The van der Waals surface area contributed by atoms with Crippen molar-refractivity contribution in [3.8, 4) is 0 Å². The van der Waals surface area contributed by atoms with Gasteiger partial charge in [0.2, 0.25) is 0 Å². The minimum absolute atomic E-state index is 1.06. The van der Waals surface area contributed by atoms with Crippen molar-refractivity contribution in [2.75, 3.05) is 5.75 Å². The van der Waals surface area contributed by atoms with E-state index in [0.29, 0.717) is 0 Å². The zero-order chi connectivity index (χ0) is 14.6. The fourth-order valence-electron chi connectivity index (χ4n) is 1.96. The van der Waals surface area contributed by atoms with Gasteiger partial charge in [-0.25, -0.2) is 0 Å². The number of allylic oxidation sites excluding steroid dienone is 1. The summed E-state index contributed by atoms with van der Waals surface area (Å²) in [6.45, 7) is 8.20. The third-order valence-electron chi connectivity index (χ3n) is 3.27. The lowest BCUT2D eigenvalue weighted by Crippen LogP contribution is -1.78. The van der Waals surface area contributed by atoms with Crippen LogP contribution in [-0.2, 0) is 0 Å². The smallest absolute Gasteiger partial charge is 0.00979 e. The van der Waals surface area contributed by atoms with Crippen molar-refractivity contribution in [3.05, 3.63) is 12.7 Å². The lowest BCUT2D eigenvalue weighted by Gasteiger charge is -1.96. The molecule has 0 nitrogen and oxygen atoms in total. The molecule has 0 bridgehead atoms. The van der Waals surface area contributed by atoms with Gasteiger partial charge in [0, 0.05) is 0 Å². The molecule has 0 N–H and O–H groups in total. The highest BCUT2D eigenvalue weighted by Gasteiger charge is 1.87. The van der Waals surface area contributed by atoms with Crippen molar-refractivity contribution in [1.82, 2.24) is 0 Å². The zero-order valence-corrected chi connectivity index (χ0v) is 14.5. The summed E-state index contributed by atoms with van der Waals surface area (Å²) in [4.78, 5) is 0. The van der Waals surface area contributed by atoms with Crippen molar-refractivity contribution in [2.24, 2.45) is 0 Å². The molecule has 0 aromatic heterocycles. The van der Waals surface area contributed by atoms with Gasteiger partial charge in [-0.05, 0) is 25.0 Å². The highest BCUT2D eigenvalue weighted by atomic mass is 32.1. The maximum atomic E-state index is 4.15. The van der Waals surface area contributed by atoms with Crippen molar-refractivity contribution >= 4 is 12.6 Å². The molecule has 0 aliphatic rings. The Morgan fingerprint density at radius 1 is 0.684 bits per heavy atom. The molecule has 0 amide bonds. The maximum Gasteiger partial charge on any atom is -0.00979 e. The van der Waals surface area contributed by atoms with E-state index in [1.807, 2.05) is 6.08 Å². The van der Waals surface area contributed by atoms with Gasteiger partial charge < -0.3 is 0 Å². The third kappa shape index (κ3) is 27.3. The van der Waals surface area contributed by atoms with Crippen LogP contribution < -0.4 is 0 Å². The largest absolute Gasteiger partial charge is 0.179 e. The molecule has 1 heteroatoms. The lowest BCUT2D eigenvalue weighted by atomic mass is 10.1. The molecule has 0 saturated heterocycles. The predicted octanol–water partition coefficient (Wildman–Crippen LogP) is 7.20. The van der Waals surface area contributed by atoms with E-state index in [1.165, 1.54) is 83.5 Å². The average molecular weight is 287 g/mol. The molecule has 116 valence electrons. The summed E-state index contributed by atoms with van der Waals surface area (Å²) >= 11 is 4.15. The average Bonchev–Trinajstić information content (AvgIpc) is 2.43. The van der Waals surface area contributed by atoms with E-state index in [9.17, 15) is 0 Å². The van der Waals surface area contributed by atoms with E-state index in [0.717, 1.165) is 5.75 Å². The minimum atomic E-state index is 1.06. The summed E-state index contributed by atoms with van der Waals surface area (Å²) in [7, 11) is 0. The zero-order valence-electron chi connectivity index (χ0n) is 13.6. The number of hydrogen-bond acceptors (Lipinski definition) is 1. The first-order chi connectivity index (χ1) is 9.33. The molecule has 0 saturated carbocycles. The van der Waals surface area contributed by atoms with Crippen molar-refractivity contribution < 1.29 is 0 Å². The van der Waals surface area contributed by atoms with Gasteiger partial charge in [-0.1, -0.05) is 84.1 Å². The van der Waals surface area contributed by atoms with Crippen LogP contribution >= 0.6 is 12.6 Å². The predicted molar refractivity (Wildman–Crippen MR) is 95.4 cm³/mol. The van der Waals surface area contributed by atoms with Crippen LogP contribution in [0.25, 0.3) is 0 Å². The molecular weight excluding hydrogens is 248 g/mol. The molecule has 19 heavy (non-hydrogen) atoms. The summed E-state index contributed by atoms with van der Waals surface area (Å²) in [5, 5.41) is 0. The molecule has 0 heterocycles. The Labute approximate surface area is 128 Å². The van der Waals surface area contributed by atoms with Crippen LogP contribution in [0.4, 0.5) is 0 Å². The highest BCUT2D eigenvalue weighted by Crippen LogP contribution is 2.06. The first-order valence-electron chi connectivity index (χ1n) is 8.55. The van der Waals surface area contributed by atoms with Gasteiger partial charge in [0.1, 0.15) is 0 Å². The Balaban J connectivity index is 0. The van der Waals surface area contributed by atoms with Crippen LogP contribution in [0.3, 0.4) is 0 Å². The second kappa shape index (κ2) is 23.2. The Bertz CT molecular complexity index is 137. The van der Waals surface area contributed by atoms with Crippen molar-refractivity contribution in [3.63, 3.8) is 0 Å². The summed E-state index contributed by atoms with van der Waals surface area (Å²) in [5.74, 6) is 1.06. The molecule has 0 aliphatic carbocycles. The molecule has 0 aliphatic heterocycles. The van der Waals surface area contributed by atoms with Gasteiger partial charge in [0.05, 0.1) is 0 Å². The van der Waals surface area contributed by atoms with E-state index in [-0.39, 0.29) is 0 Å². The van der Waals surface area contributed by atoms with Crippen LogP contribution in [0, 0.1) is 0 Å². The van der Waals surface area contributed by atoms with Gasteiger partial charge in [-0.15, -0.1) is 6.58 Å². The van der Waals surface area contributed by atoms with Crippen LogP contribution in [-0.4, -0.2) is 5.75 Å². The highest BCUT2D eigenvalue weighted by molar-refractivity contribution is 7.80. The van der Waals surface area contributed by atoms with Crippen LogP contribution in [0.15, 0.2) is 12.7 Å². The molecule has 0 atom stereocenters. The van der Waals surface area contributed by atoms with Crippen molar-refractivity contribution in [2.45, 2.75) is 97.3 Å². The molecule has 0 radical (unpaired) electrons. The van der Waals surface area contributed by atoms with E-state index in [1.54, 1.807) is 0 Å². The Morgan fingerprint density at radius 3 is 1.53 bits per heavy atom. The molecule has 0 aromatic carbocycles. The van der Waals surface area contributed by atoms with Crippen molar-refractivity contribution in [1.29, 1.82) is 0 Å². The Kier molecular flexibility index (Phi) is 26.1. The molecule has 0 fully saturated rings. The first kappa shape index (κ1) is 21.4. The Morgan fingerprint density at radius 2 is 1.11 bits per heavy atom. The van der Waals surface area contributed by atoms with Crippen LogP contribution in [0.2, 0.25) is 0 Å².